The van der Waals surface area contributed by atoms with Crippen molar-refractivity contribution in [2.24, 2.45) is 23.5 Å². The highest BCUT2D eigenvalue weighted by molar-refractivity contribution is 5.89. The number of carbonyl (C=O) groups is 1. The second-order valence-electron chi connectivity index (χ2n) is 7.93. The third kappa shape index (κ3) is 2.18. The Kier molecular flexibility index (Phi) is 3.21. The van der Waals surface area contributed by atoms with Crippen molar-refractivity contribution in [3.63, 3.8) is 0 Å². The summed E-state index contributed by atoms with van der Waals surface area (Å²) < 4.78 is 0. The molecule has 1 heterocycles. The van der Waals surface area contributed by atoms with Gasteiger partial charge in [0.25, 0.3) is 0 Å². The highest BCUT2D eigenvalue weighted by Crippen LogP contribution is 2.51. The largest absolute Gasteiger partial charge is 0.342 e. The molecule has 3 nitrogen and oxygen atoms in total. The van der Waals surface area contributed by atoms with E-state index in [4.69, 9.17) is 5.73 Å². The molecule has 3 aliphatic rings. The van der Waals surface area contributed by atoms with Gasteiger partial charge in [-0.25, -0.2) is 0 Å². The summed E-state index contributed by atoms with van der Waals surface area (Å²) in [5.41, 5.74) is 7.57. The molecule has 124 valence electrons. The molecule has 3 heteroatoms. The molecule has 0 aromatic heterocycles. The van der Waals surface area contributed by atoms with E-state index in [1.165, 1.54) is 22.8 Å². The number of hydrogen-bond donors (Lipinski definition) is 1. The zero-order valence-corrected chi connectivity index (χ0v) is 13.9. The highest BCUT2D eigenvalue weighted by Gasteiger charge is 2.50. The van der Waals surface area contributed by atoms with E-state index in [0.29, 0.717) is 29.7 Å². The summed E-state index contributed by atoms with van der Waals surface area (Å²) in [6, 6.07) is 15.3. The lowest BCUT2D eigenvalue weighted by atomic mass is 9.98. The number of benzene rings is 2. The lowest BCUT2D eigenvalue weighted by Gasteiger charge is -2.19. The number of nitrogens with two attached hydrogens (primary N) is 1. The summed E-state index contributed by atoms with van der Waals surface area (Å²) in [4.78, 5) is 15.1. The van der Waals surface area contributed by atoms with Gasteiger partial charge in [-0.2, -0.15) is 0 Å². The molecular weight excluding hydrogens is 296 g/mol. The second kappa shape index (κ2) is 5.32. The Hall–Kier alpha value is -1.87. The molecule has 2 aliphatic carbocycles. The number of amides is 1. The van der Waals surface area contributed by atoms with Crippen LogP contribution < -0.4 is 5.73 Å². The maximum absolute atomic E-state index is 13.0. The molecule has 0 spiro atoms. The van der Waals surface area contributed by atoms with E-state index in [2.05, 4.69) is 47.4 Å². The van der Waals surface area contributed by atoms with Crippen LogP contribution in [0.5, 0.6) is 0 Å². The predicted molar refractivity (Wildman–Crippen MR) is 95.6 cm³/mol. The lowest BCUT2D eigenvalue weighted by molar-refractivity contribution is -0.131. The first-order valence-corrected chi connectivity index (χ1v) is 9.24. The van der Waals surface area contributed by atoms with Crippen molar-refractivity contribution in [1.29, 1.82) is 0 Å². The van der Waals surface area contributed by atoms with Crippen LogP contribution in [0, 0.1) is 17.8 Å². The molecule has 1 aliphatic heterocycles. The smallest absolute Gasteiger partial charge is 0.226 e. The number of rotatable bonds is 2. The van der Waals surface area contributed by atoms with Crippen LogP contribution in [0.3, 0.4) is 0 Å². The van der Waals surface area contributed by atoms with E-state index in [0.717, 1.165) is 25.9 Å². The Bertz CT molecular complexity index is 796. The zero-order valence-electron chi connectivity index (χ0n) is 13.9. The van der Waals surface area contributed by atoms with Gasteiger partial charge in [0.2, 0.25) is 5.91 Å². The van der Waals surface area contributed by atoms with E-state index in [-0.39, 0.29) is 5.92 Å². The van der Waals surface area contributed by atoms with Crippen LogP contribution in [-0.2, 0) is 4.79 Å². The fourth-order valence-corrected chi connectivity index (χ4v) is 5.11. The minimum atomic E-state index is 0.186. The van der Waals surface area contributed by atoms with Crippen molar-refractivity contribution in [2.45, 2.75) is 31.2 Å². The molecule has 0 bridgehead atoms. The van der Waals surface area contributed by atoms with E-state index in [1.807, 2.05) is 0 Å². The molecule has 1 saturated heterocycles. The minimum absolute atomic E-state index is 0.186. The molecule has 5 atom stereocenters. The Labute approximate surface area is 142 Å². The first-order chi connectivity index (χ1) is 11.7. The summed E-state index contributed by atoms with van der Waals surface area (Å²) in [7, 11) is 0. The summed E-state index contributed by atoms with van der Waals surface area (Å²) >= 11 is 0. The van der Waals surface area contributed by atoms with Gasteiger partial charge in [0, 0.05) is 25.0 Å². The second-order valence-corrected chi connectivity index (χ2v) is 7.93. The Morgan fingerprint density at radius 2 is 1.88 bits per heavy atom. The molecule has 24 heavy (non-hydrogen) atoms. The average Bonchev–Trinajstić information content (AvgIpc) is 3.17. The van der Waals surface area contributed by atoms with Crippen LogP contribution in [0.2, 0.25) is 0 Å². The first kappa shape index (κ1) is 14.5. The van der Waals surface area contributed by atoms with Crippen molar-refractivity contribution in [1.82, 2.24) is 4.90 Å². The number of fused-ring (bicyclic) bond motifs is 2. The van der Waals surface area contributed by atoms with Gasteiger partial charge < -0.3 is 10.6 Å². The lowest BCUT2D eigenvalue weighted by Crippen LogP contribution is -2.34. The number of carbonyl (C=O) groups excluding carboxylic acids is 1. The van der Waals surface area contributed by atoms with Crippen molar-refractivity contribution in [3.05, 3.63) is 48.0 Å². The van der Waals surface area contributed by atoms with Gasteiger partial charge in [0.1, 0.15) is 0 Å². The van der Waals surface area contributed by atoms with Crippen LogP contribution in [0.4, 0.5) is 0 Å². The van der Waals surface area contributed by atoms with Gasteiger partial charge in [-0.1, -0.05) is 42.5 Å². The molecular formula is C21H24N2O. The van der Waals surface area contributed by atoms with Crippen LogP contribution in [0.15, 0.2) is 42.5 Å². The van der Waals surface area contributed by atoms with Gasteiger partial charge in [-0.05, 0) is 53.4 Å². The molecule has 3 fully saturated rings. The van der Waals surface area contributed by atoms with Crippen LogP contribution in [0.25, 0.3) is 10.8 Å². The van der Waals surface area contributed by atoms with E-state index >= 15 is 0 Å². The van der Waals surface area contributed by atoms with Gasteiger partial charge in [-0.3, -0.25) is 4.79 Å². The molecule has 5 unspecified atom stereocenters. The van der Waals surface area contributed by atoms with Crippen LogP contribution in [-0.4, -0.2) is 29.9 Å². The molecule has 2 saturated carbocycles. The normalized spacial score (nSPS) is 34.5. The fraction of sp³-hybridized carbons (Fsp3) is 0.476. The molecule has 2 N–H and O–H groups in total. The third-order valence-electron chi connectivity index (χ3n) is 6.55. The Balaban J connectivity index is 1.34. The number of nitrogens with zero attached hydrogens (tertiary/aromatic N) is 1. The summed E-state index contributed by atoms with van der Waals surface area (Å²) in [5, 5.41) is 2.58. The molecule has 0 radical (unpaired) electrons. The van der Waals surface area contributed by atoms with Gasteiger partial charge in [0.05, 0.1) is 0 Å². The van der Waals surface area contributed by atoms with Crippen molar-refractivity contribution < 1.29 is 4.79 Å². The van der Waals surface area contributed by atoms with Gasteiger partial charge in [0.15, 0.2) is 0 Å². The van der Waals surface area contributed by atoms with Gasteiger partial charge in [-0.15, -0.1) is 0 Å². The van der Waals surface area contributed by atoms with Crippen molar-refractivity contribution >= 4 is 16.7 Å². The quantitative estimate of drug-likeness (QED) is 0.924. The molecule has 5 rings (SSSR count). The van der Waals surface area contributed by atoms with Gasteiger partial charge >= 0.3 is 0 Å². The predicted octanol–water partition coefficient (Wildman–Crippen LogP) is 3.14. The first-order valence-electron chi connectivity index (χ1n) is 9.24. The topological polar surface area (TPSA) is 46.3 Å². The fourth-order valence-electron chi connectivity index (χ4n) is 5.11. The summed E-state index contributed by atoms with van der Waals surface area (Å²) in [5.74, 6) is 2.15. The Morgan fingerprint density at radius 1 is 1.04 bits per heavy atom. The van der Waals surface area contributed by atoms with E-state index in [1.54, 1.807) is 0 Å². The van der Waals surface area contributed by atoms with Crippen LogP contribution in [0.1, 0.15) is 30.7 Å². The number of hydrogen-bond acceptors (Lipinski definition) is 2. The average molecular weight is 320 g/mol. The Morgan fingerprint density at radius 3 is 2.75 bits per heavy atom. The minimum Gasteiger partial charge on any atom is -0.342 e. The van der Waals surface area contributed by atoms with E-state index in [9.17, 15) is 4.79 Å². The van der Waals surface area contributed by atoms with Crippen LogP contribution >= 0.6 is 0 Å². The summed E-state index contributed by atoms with van der Waals surface area (Å²) in [6.45, 7) is 1.83. The molecule has 2 aromatic rings. The van der Waals surface area contributed by atoms with Crippen molar-refractivity contribution in [3.8, 4) is 0 Å². The molecule has 2 aromatic carbocycles. The number of likely N-dealkylation sites (tertiary alicyclic amines) is 1. The maximum atomic E-state index is 13.0. The SMILES string of the molecule is NC1CCC2CN(C(=O)C3CC3c3cccc4ccccc34)CC12. The van der Waals surface area contributed by atoms with E-state index < -0.39 is 0 Å². The zero-order chi connectivity index (χ0) is 16.3. The monoisotopic (exact) mass is 320 g/mol. The molecule has 1 amide bonds. The maximum Gasteiger partial charge on any atom is 0.226 e. The highest BCUT2D eigenvalue weighted by atomic mass is 16.2. The summed E-state index contributed by atoms with van der Waals surface area (Å²) in [6.07, 6.45) is 3.34. The standard InChI is InChI=1S/C21H24N2O/c22-20-9-8-14-11-23(12-19(14)20)21(24)18-10-17(18)16-7-3-5-13-4-1-2-6-15(13)16/h1-7,14,17-20H,8-12,22H2. The third-order valence-corrected chi connectivity index (χ3v) is 6.55. The van der Waals surface area contributed by atoms with Crippen molar-refractivity contribution in [2.75, 3.05) is 13.1 Å².